The second kappa shape index (κ2) is 5.42. The average Bonchev–Trinajstić information content (AvgIpc) is 3.08. The number of hydrogen-bond donors (Lipinski definition) is 1. The summed E-state index contributed by atoms with van der Waals surface area (Å²) in [7, 11) is 0. The van der Waals surface area contributed by atoms with E-state index in [1.807, 2.05) is 12.1 Å². The van der Waals surface area contributed by atoms with Gasteiger partial charge < -0.3 is 4.42 Å². The smallest absolute Gasteiger partial charge is 0.154 e. The van der Waals surface area contributed by atoms with Crippen LogP contribution in [0.1, 0.15) is 44.2 Å². The van der Waals surface area contributed by atoms with Gasteiger partial charge in [-0.2, -0.15) is 5.10 Å². The van der Waals surface area contributed by atoms with Crippen molar-refractivity contribution >= 4 is 0 Å². The van der Waals surface area contributed by atoms with Crippen LogP contribution in [0.5, 0.6) is 0 Å². The fourth-order valence-corrected chi connectivity index (χ4v) is 2.88. The van der Waals surface area contributed by atoms with Crippen molar-refractivity contribution in [1.29, 1.82) is 0 Å². The van der Waals surface area contributed by atoms with E-state index >= 15 is 0 Å². The average molecular weight is 244 g/mol. The van der Waals surface area contributed by atoms with Gasteiger partial charge in [0.25, 0.3) is 0 Å². The minimum absolute atomic E-state index is 0.843. The molecule has 2 heterocycles. The maximum absolute atomic E-state index is 5.34. The van der Waals surface area contributed by atoms with Gasteiger partial charge in [0.05, 0.1) is 6.26 Å². The molecule has 0 radical (unpaired) electrons. The first-order chi connectivity index (χ1) is 8.92. The second-order valence-electron chi connectivity index (χ2n) is 5.30. The monoisotopic (exact) mass is 244 g/mol. The molecule has 1 fully saturated rings. The molecule has 3 rings (SSSR count). The number of nitrogens with one attached hydrogen (secondary N) is 1. The van der Waals surface area contributed by atoms with E-state index in [9.17, 15) is 0 Å². The predicted octanol–water partition coefficient (Wildman–Crippen LogP) is 4.18. The molecule has 2 aromatic heterocycles. The minimum Gasteiger partial charge on any atom is -0.463 e. The standard InChI is InChI=1S/C15H20N2O/c1-2-5-12(6-3-1)8-9-13-11-14(17-16-13)15-7-4-10-18-15/h4,7,10-12H,1-3,5-6,8-9H2,(H,16,17). The van der Waals surface area contributed by atoms with Crippen LogP contribution in [0.3, 0.4) is 0 Å². The number of rotatable bonds is 4. The number of aromatic amines is 1. The van der Waals surface area contributed by atoms with E-state index in [1.165, 1.54) is 44.2 Å². The van der Waals surface area contributed by atoms with Crippen molar-refractivity contribution in [1.82, 2.24) is 10.2 Å². The summed E-state index contributed by atoms with van der Waals surface area (Å²) >= 11 is 0. The lowest BCUT2D eigenvalue weighted by atomic mass is 9.86. The zero-order valence-electron chi connectivity index (χ0n) is 10.7. The highest BCUT2D eigenvalue weighted by Gasteiger charge is 2.14. The van der Waals surface area contributed by atoms with Crippen LogP contribution in [0.15, 0.2) is 28.9 Å². The highest BCUT2D eigenvalue weighted by atomic mass is 16.3. The van der Waals surface area contributed by atoms with Crippen molar-refractivity contribution in [2.45, 2.75) is 44.9 Å². The molecule has 0 atom stereocenters. The van der Waals surface area contributed by atoms with Crippen LogP contribution in [-0.2, 0) is 6.42 Å². The molecule has 3 heteroatoms. The maximum atomic E-state index is 5.34. The summed E-state index contributed by atoms with van der Waals surface area (Å²) in [4.78, 5) is 0. The lowest BCUT2D eigenvalue weighted by molar-refractivity contribution is 0.338. The van der Waals surface area contributed by atoms with Crippen molar-refractivity contribution in [3.05, 3.63) is 30.2 Å². The minimum atomic E-state index is 0.843. The van der Waals surface area contributed by atoms with E-state index in [4.69, 9.17) is 4.42 Å². The third kappa shape index (κ3) is 2.66. The molecule has 0 aromatic carbocycles. The Balaban J connectivity index is 1.57. The molecule has 96 valence electrons. The summed E-state index contributed by atoms with van der Waals surface area (Å²) in [5.41, 5.74) is 2.14. The molecular weight excluding hydrogens is 224 g/mol. The van der Waals surface area contributed by atoms with Gasteiger partial charge >= 0.3 is 0 Å². The number of furan rings is 1. The van der Waals surface area contributed by atoms with Crippen LogP contribution >= 0.6 is 0 Å². The van der Waals surface area contributed by atoms with Crippen LogP contribution in [0.4, 0.5) is 0 Å². The van der Waals surface area contributed by atoms with Crippen LogP contribution in [0, 0.1) is 5.92 Å². The molecule has 18 heavy (non-hydrogen) atoms. The molecule has 0 spiro atoms. The summed E-state index contributed by atoms with van der Waals surface area (Å²) in [5, 5.41) is 7.43. The summed E-state index contributed by atoms with van der Waals surface area (Å²) in [6, 6.07) is 5.95. The predicted molar refractivity (Wildman–Crippen MR) is 71.2 cm³/mol. The van der Waals surface area contributed by atoms with Gasteiger partial charge in [-0.25, -0.2) is 0 Å². The summed E-state index contributed by atoms with van der Waals surface area (Å²) in [6.45, 7) is 0. The zero-order valence-corrected chi connectivity index (χ0v) is 10.7. The molecule has 0 bridgehead atoms. The summed E-state index contributed by atoms with van der Waals surface area (Å²) in [5.74, 6) is 1.77. The Bertz CT molecular complexity index is 466. The number of aryl methyl sites for hydroxylation is 1. The molecule has 1 aliphatic carbocycles. The lowest BCUT2D eigenvalue weighted by Crippen LogP contribution is -2.07. The molecule has 0 aliphatic heterocycles. The van der Waals surface area contributed by atoms with Crippen molar-refractivity contribution in [3.63, 3.8) is 0 Å². The quantitative estimate of drug-likeness (QED) is 0.876. The number of aromatic nitrogens is 2. The maximum Gasteiger partial charge on any atom is 0.154 e. The molecule has 0 unspecified atom stereocenters. The molecule has 2 aromatic rings. The van der Waals surface area contributed by atoms with Gasteiger partial charge in [0.1, 0.15) is 5.69 Å². The van der Waals surface area contributed by atoms with Crippen LogP contribution in [-0.4, -0.2) is 10.2 Å². The first kappa shape index (κ1) is 11.6. The third-order valence-electron chi connectivity index (χ3n) is 3.95. The van der Waals surface area contributed by atoms with E-state index in [-0.39, 0.29) is 0 Å². The Morgan fingerprint density at radius 3 is 2.94 bits per heavy atom. The Morgan fingerprint density at radius 1 is 1.28 bits per heavy atom. The largest absolute Gasteiger partial charge is 0.463 e. The molecule has 0 saturated heterocycles. The number of nitrogens with zero attached hydrogens (tertiary/aromatic N) is 1. The molecular formula is C15H20N2O. The molecule has 1 aliphatic rings. The Morgan fingerprint density at radius 2 is 2.17 bits per heavy atom. The fraction of sp³-hybridized carbons (Fsp3) is 0.533. The van der Waals surface area contributed by atoms with Crippen LogP contribution < -0.4 is 0 Å². The van der Waals surface area contributed by atoms with Gasteiger partial charge in [-0.3, -0.25) is 5.10 Å². The van der Waals surface area contributed by atoms with Crippen molar-refractivity contribution < 1.29 is 4.42 Å². The highest BCUT2D eigenvalue weighted by molar-refractivity contribution is 5.51. The molecule has 1 N–H and O–H groups in total. The summed E-state index contributed by atoms with van der Waals surface area (Å²) in [6.07, 6.45) is 11.2. The topological polar surface area (TPSA) is 41.8 Å². The van der Waals surface area contributed by atoms with E-state index in [1.54, 1.807) is 6.26 Å². The Labute approximate surface area is 108 Å². The van der Waals surface area contributed by atoms with E-state index in [2.05, 4.69) is 16.3 Å². The van der Waals surface area contributed by atoms with Gasteiger partial charge in [-0.1, -0.05) is 32.1 Å². The van der Waals surface area contributed by atoms with Crippen molar-refractivity contribution in [2.24, 2.45) is 5.92 Å². The normalized spacial score (nSPS) is 17.1. The van der Waals surface area contributed by atoms with E-state index < -0.39 is 0 Å². The van der Waals surface area contributed by atoms with Crippen molar-refractivity contribution in [3.8, 4) is 11.5 Å². The first-order valence-electron chi connectivity index (χ1n) is 7.00. The third-order valence-corrected chi connectivity index (χ3v) is 3.95. The van der Waals surface area contributed by atoms with Gasteiger partial charge in [-0.15, -0.1) is 0 Å². The van der Waals surface area contributed by atoms with E-state index in [0.29, 0.717) is 0 Å². The first-order valence-corrected chi connectivity index (χ1v) is 7.00. The molecule has 3 nitrogen and oxygen atoms in total. The second-order valence-corrected chi connectivity index (χ2v) is 5.30. The molecule has 0 amide bonds. The number of H-pyrrole nitrogens is 1. The highest BCUT2D eigenvalue weighted by Crippen LogP contribution is 2.27. The van der Waals surface area contributed by atoms with Crippen molar-refractivity contribution in [2.75, 3.05) is 0 Å². The Hall–Kier alpha value is -1.51. The van der Waals surface area contributed by atoms with Gasteiger partial charge in [0.2, 0.25) is 0 Å². The van der Waals surface area contributed by atoms with Gasteiger partial charge in [-0.05, 0) is 37.0 Å². The lowest BCUT2D eigenvalue weighted by Gasteiger charge is -2.20. The zero-order chi connectivity index (χ0) is 12.2. The van der Waals surface area contributed by atoms with E-state index in [0.717, 1.165) is 23.8 Å². The fourth-order valence-electron chi connectivity index (χ4n) is 2.88. The van der Waals surface area contributed by atoms with Crippen LogP contribution in [0.25, 0.3) is 11.5 Å². The number of hydrogen-bond acceptors (Lipinski definition) is 2. The van der Waals surface area contributed by atoms with Crippen LogP contribution in [0.2, 0.25) is 0 Å². The van der Waals surface area contributed by atoms with Gasteiger partial charge in [0.15, 0.2) is 5.76 Å². The Kier molecular flexibility index (Phi) is 3.49. The molecule has 1 saturated carbocycles. The van der Waals surface area contributed by atoms with Gasteiger partial charge in [0, 0.05) is 5.69 Å². The SMILES string of the molecule is c1coc(-c2cc(CCC3CCCCC3)[nH]n2)c1. The summed E-state index contributed by atoms with van der Waals surface area (Å²) < 4.78 is 5.34.